The van der Waals surface area contributed by atoms with Gasteiger partial charge in [0.2, 0.25) is 5.82 Å². The number of aromatic nitrogens is 2. The van der Waals surface area contributed by atoms with Gasteiger partial charge in [-0.3, -0.25) is 4.79 Å². The molecule has 3 rings (SSSR count). The summed E-state index contributed by atoms with van der Waals surface area (Å²) in [6, 6.07) is 8.88. The second kappa shape index (κ2) is 8.09. The third kappa shape index (κ3) is 4.55. The van der Waals surface area contributed by atoms with Crippen LogP contribution in [0.4, 0.5) is 0 Å². The Balaban J connectivity index is 1.64. The molecule has 0 bridgehead atoms. The molecule has 3 aromatic rings. The fraction of sp³-hybridized carbons (Fsp3) is 0.176. The van der Waals surface area contributed by atoms with Crippen molar-refractivity contribution >= 4 is 34.9 Å². The monoisotopic (exact) mass is 374 g/mol. The van der Waals surface area contributed by atoms with Gasteiger partial charge in [0, 0.05) is 15.8 Å². The van der Waals surface area contributed by atoms with E-state index in [-0.39, 0.29) is 18.3 Å². The first kappa shape index (κ1) is 17.4. The lowest BCUT2D eigenvalue weighted by molar-refractivity contribution is -0.114. The van der Waals surface area contributed by atoms with Crippen molar-refractivity contribution in [2.75, 3.05) is 5.75 Å². The van der Waals surface area contributed by atoms with Gasteiger partial charge in [0.25, 0.3) is 5.89 Å². The first-order valence-corrected chi connectivity index (χ1v) is 9.30. The summed E-state index contributed by atoms with van der Waals surface area (Å²) in [6.45, 7) is 1.40. The zero-order valence-corrected chi connectivity index (χ0v) is 14.9. The SMILES string of the molecule is CC(=O)CSc1ccccc1C(=O)OCc1nc(-c2ccsc2)no1. The second-order valence-corrected chi connectivity index (χ2v) is 6.88. The highest BCUT2D eigenvalue weighted by Gasteiger charge is 2.16. The molecule has 25 heavy (non-hydrogen) atoms. The lowest BCUT2D eigenvalue weighted by atomic mass is 10.2. The molecule has 0 spiro atoms. The van der Waals surface area contributed by atoms with Gasteiger partial charge >= 0.3 is 5.97 Å². The van der Waals surface area contributed by atoms with Crippen LogP contribution >= 0.6 is 23.1 Å². The number of thiophene rings is 1. The number of Topliss-reactive ketones (excluding diaryl/α,β-unsaturated/α-hetero) is 1. The lowest BCUT2D eigenvalue weighted by Gasteiger charge is -2.07. The van der Waals surface area contributed by atoms with Gasteiger partial charge in [0.05, 0.1) is 11.3 Å². The standard InChI is InChI=1S/C17H14N2O4S2/c1-11(20)9-25-14-5-3-2-4-13(14)17(21)22-8-15-18-16(19-23-15)12-6-7-24-10-12/h2-7,10H,8-9H2,1H3. The zero-order chi connectivity index (χ0) is 17.6. The fourth-order valence-electron chi connectivity index (χ4n) is 1.97. The van der Waals surface area contributed by atoms with Crippen LogP contribution in [0.25, 0.3) is 11.4 Å². The van der Waals surface area contributed by atoms with E-state index in [1.54, 1.807) is 18.2 Å². The maximum Gasteiger partial charge on any atom is 0.339 e. The Morgan fingerprint density at radius 1 is 1.28 bits per heavy atom. The van der Waals surface area contributed by atoms with Crippen LogP contribution in [-0.2, 0) is 16.1 Å². The van der Waals surface area contributed by atoms with Crippen LogP contribution in [0.5, 0.6) is 0 Å². The van der Waals surface area contributed by atoms with Gasteiger partial charge < -0.3 is 9.26 Å². The van der Waals surface area contributed by atoms with E-state index >= 15 is 0 Å². The average Bonchev–Trinajstić information content (AvgIpc) is 3.29. The van der Waals surface area contributed by atoms with E-state index in [1.165, 1.54) is 30.0 Å². The van der Waals surface area contributed by atoms with Gasteiger partial charge in [0.15, 0.2) is 6.61 Å². The number of benzene rings is 1. The molecule has 6 nitrogen and oxygen atoms in total. The molecule has 0 aliphatic heterocycles. The molecular weight excluding hydrogens is 360 g/mol. The minimum absolute atomic E-state index is 0.0417. The molecule has 0 aliphatic carbocycles. The Morgan fingerprint density at radius 2 is 2.12 bits per heavy atom. The van der Waals surface area contributed by atoms with E-state index in [9.17, 15) is 9.59 Å². The third-order valence-electron chi connectivity index (χ3n) is 3.11. The summed E-state index contributed by atoms with van der Waals surface area (Å²) in [4.78, 5) is 28.4. The number of carbonyl (C=O) groups is 2. The van der Waals surface area contributed by atoms with E-state index in [0.29, 0.717) is 22.0 Å². The van der Waals surface area contributed by atoms with E-state index in [0.717, 1.165) is 5.56 Å². The second-order valence-electron chi connectivity index (χ2n) is 5.09. The number of ketones is 1. The highest BCUT2D eigenvalue weighted by Crippen LogP contribution is 2.24. The van der Waals surface area contributed by atoms with Gasteiger partial charge in [-0.25, -0.2) is 4.79 Å². The Kier molecular flexibility index (Phi) is 5.62. The van der Waals surface area contributed by atoms with Gasteiger partial charge in [0.1, 0.15) is 5.78 Å². The van der Waals surface area contributed by atoms with Crippen molar-refractivity contribution in [2.24, 2.45) is 0 Å². The number of hydrogen-bond donors (Lipinski definition) is 0. The predicted molar refractivity (Wildman–Crippen MR) is 94.6 cm³/mol. The highest BCUT2D eigenvalue weighted by atomic mass is 32.2. The molecule has 0 radical (unpaired) electrons. The molecule has 0 amide bonds. The molecule has 1 aromatic carbocycles. The summed E-state index contributed by atoms with van der Waals surface area (Å²) in [5.74, 6) is 0.535. The third-order valence-corrected chi connectivity index (χ3v) is 5.01. The van der Waals surface area contributed by atoms with Crippen molar-refractivity contribution in [1.29, 1.82) is 0 Å². The minimum atomic E-state index is -0.498. The van der Waals surface area contributed by atoms with Gasteiger partial charge in [-0.05, 0) is 30.5 Å². The summed E-state index contributed by atoms with van der Waals surface area (Å²) in [7, 11) is 0. The molecule has 0 atom stereocenters. The maximum absolute atomic E-state index is 12.3. The molecule has 0 fully saturated rings. The Morgan fingerprint density at radius 3 is 2.88 bits per heavy atom. The molecule has 0 saturated carbocycles. The number of carbonyl (C=O) groups excluding carboxylic acids is 2. The fourth-order valence-corrected chi connectivity index (χ4v) is 3.44. The number of hydrogen-bond acceptors (Lipinski definition) is 8. The van der Waals surface area contributed by atoms with Gasteiger partial charge in [-0.2, -0.15) is 16.3 Å². The predicted octanol–water partition coefficient (Wildman–Crippen LogP) is 3.84. The van der Waals surface area contributed by atoms with E-state index in [2.05, 4.69) is 10.1 Å². The normalized spacial score (nSPS) is 10.6. The van der Waals surface area contributed by atoms with Crippen LogP contribution in [0.1, 0.15) is 23.2 Å². The maximum atomic E-state index is 12.3. The van der Waals surface area contributed by atoms with Crippen molar-refractivity contribution in [3.8, 4) is 11.4 Å². The largest absolute Gasteiger partial charge is 0.452 e. The minimum Gasteiger partial charge on any atom is -0.452 e. The topological polar surface area (TPSA) is 82.3 Å². The number of nitrogens with zero attached hydrogens (tertiary/aromatic N) is 2. The average molecular weight is 374 g/mol. The molecule has 0 aliphatic rings. The van der Waals surface area contributed by atoms with Crippen LogP contribution in [-0.4, -0.2) is 27.6 Å². The van der Waals surface area contributed by atoms with E-state index < -0.39 is 5.97 Å². The molecule has 0 N–H and O–H groups in total. The summed E-state index contributed by atoms with van der Waals surface area (Å²) in [5.41, 5.74) is 1.27. The number of rotatable bonds is 7. The van der Waals surface area contributed by atoms with Gasteiger partial charge in [-0.15, -0.1) is 11.8 Å². The number of esters is 1. The summed E-state index contributed by atoms with van der Waals surface area (Å²) < 4.78 is 10.4. The number of ether oxygens (including phenoxy) is 1. The molecule has 2 aromatic heterocycles. The zero-order valence-electron chi connectivity index (χ0n) is 13.3. The molecule has 2 heterocycles. The van der Waals surface area contributed by atoms with Crippen LogP contribution in [0.2, 0.25) is 0 Å². The van der Waals surface area contributed by atoms with Crippen molar-refractivity contribution in [2.45, 2.75) is 18.4 Å². The molecular formula is C17H14N2O4S2. The molecule has 128 valence electrons. The Bertz CT molecular complexity index is 874. The quantitative estimate of drug-likeness (QED) is 0.459. The number of thioether (sulfide) groups is 1. The van der Waals surface area contributed by atoms with E-state index in [1.807, 2.05) is 22.9 Å². The summed E-state index contributed by atoms with van der Waals surface area (Å²) in [5, 5.41) is 7.69. The van der Waals surface area contributed by atoms with Crippen LogP contribution in [0.15, 0.2) is 50.5 Å². The van der Waals surface area contributed by atoms with Crippen molar-refractivity contribution in [3.63, 3.8) is 0 Å². The Labute approximate surface area is 152 Å². The summed E-state index contributed by atoms with van der Waals surface area (Å²) in [6.07, 6.45) is 0. The smallest absolute Gasteiger partial charge is 0.339 e. The van der Waals surface area contributed by atoms with Crippen molar-refractivity contribution in [3.05, 3.63) is 52.5 Å². The van der Waals surface area contributed by atoms with Crippen molar-refractivity contribution in [1.82, 2.24) is 10.1 Å². The van der Waals surface area contributed by atoms with Crippen LogP contribution in [0, 0.1) is 0 Å². The lowest BCUT2D eigenvalue weighted by Crippen LogP contribution is -2.07. The highest BCUT2D eigenvalue weighted by molar-refractivity contribution is 8.00. The van der Waals surface area contributed by atoms with E-state index in [4.69, 9.17) is 9.26 Å². The molecule has 8 heteroatoms. The van der Waals surface area contributed by atoms with Gasteiger partial charge in [-0.1, -0.05) is 17.3 Å². The first-order valence-electron chi connectivity index (χ1n) is 7.37. The molecule has 0 unspecified atom stereocenters. The first-order chi connectivity index (χ1) is 12.1. The van der Waals surface area contributed by atoms with Crippen LogP contribution < -0.4 is 0 Å². The Hall–Kier alpha value is -2.45. The van der Waals surface area contributed by atoms with Crippen molar-refractivity contribution < 1.29 is 18.8 Å². The van der Waals surface area contributed by atoms with Crippen LogP contribution in [0.3, 0.4) is 0 Å². The molecule has 0 saturated heterocycles. The summed E-state index contributed by atoms with van der Waals surface area (Å²) >= 11 is 2.84.